The molecule has 0 radical (unpaired) electrons. The zero-order valence-electron chi connectivity index (χ0n) is 70.5. The van der Waals surface area contributed by atoms with Crippen molar-refractivity contribution >= 4 is 147 Å². The number of aliphatic hydroxyl groups is 3. The van der Waals surface area contributed by atoms with Gasteiger partial charge in [-0.05, 0) is 101 Å². The van der Waals surface area contributed by atoms with Gasteiger partial charge in [-0.2, -0.15) is 20.8 Å². The van der Waals surface area contributed by atoms with Gasteiger partial charge in [0.15, 0.2) is 29.8 Å². The van der Waals surface area contributed by atoms with E-state index in [1.807, 2.05) is 0 Å². The maximum Gasteiger partial charge on any atom is 0.475 e. The van der Waals surface area contributed by atoms with Gasteiger partial charge in [-0.15, -0.1) is 15.3 Å². The summed E-state index contributed by atoms with van der Waals surface area (Å²) < 4.78 is 163. The lowest BCUT2D eigenvalue weighted by Gasteiger charge is -2.39. The molecule has 6 aromatic rings. The maximum atomic E-state index is 16.1. The number of nitrogens with two attached hydrogens (primary N) is 4. The highest BCUT2D eigenvalue weighted by Crippen LogP contribution is 2.63. The van der Waals surface area contributed by atoms with Crippen LogP contribution in [0.2, 0.25) is 0 Å². The molecule has 6 saturated heterocycles. The molecule has 6 unspecified atom stereocenters. The van der Waals surface area contributed by atoms with Crippen LogP contribution in [0.5, 0.6) is 0 Å². The minimum Gasteiger partial charge on any atom is -0.463 e. The Balaban J connectivity index is 0.000000201. The molecule has 6 aromatic heterocycles. The molecule has 50 nitrogen and oxygen atoms in total. The molecule has 12 rings (SSSR count). The summed E-state index contributed by atoms with van der Waals surface area (Å²) in [6, 6.07) is 7.49. The van der Waals surface area contributed by atoms with Gasteiger partial charge in [0.05, 0.1) is 95.3 Å². The molecule has 708 valence electrons. The summed E-state index contributed by atoms with van der Waals surface area (Å²) in [7, 11) is -13.5. The van der Waals surface area contributed by atoms with Crippen LogP contribution in [0.1, 0.15) is 119 Å². The number of phosphoric acid groups is 3. The highest BCUT2D eigenvalue weighted by molar-refractivity contribution is 9.10. The number of aromatic nitrogens is 11. The molecule has 0 spiro atoms. The number of fused-ring (bicyclic) bond motifs is 3. The number of imidazole rings is 2. The first kappa shape index (κ1) is 102. The number of nitrogen functional groups attached to an aromatic ring is 4. The number of nitrogens with one attached hydrogen (secondary N) is 5. The predicted octanol–water partition coefficient (Wildman–Crippen LogP) is 2.58. The van der Waals surface area contributed by atoms with E-state index >= 15 is 13.2 Å². The fourth-order valence-electron chi connectivity index (χ4n) is 13.5. The molecular formula is C70H92Br3F3N21O29P3. The summed E-state index contributed by atoms with van der Waals surface area (Å²) in [5.74, 6) is -4.81. The number of alkyl halides is 6. The second kappa shape index (κ2) is 38.7. The normalized spacial score (nSPS) is 32.0. The lowest BCUT2D eigenvalue weighted by molar-refractivity contribution is -0.149. The van der Waals surface area contributed by atoms with Crippen molar-refractivity contribution in [2.45, 2.75) is 206 Å². The van der Waals surface area contributed by atoms with Crippen LogP contribution < -0.4 is 50.0 Å². The van der Waals surface area contributed by atoms with Crippen molar-refractivity contribution in [1.29, 1.82) is 15.8 Å². The molecule has 0 bridgehead atoms. The Bertz CT molecular complexity index is 5460. The molecule has 59 heteroatoms. The first-order valence-corrected chi connectivity index (χ1v) is 45.6. The number of halogens is 6. The number of amides is 3. The predicted molar refractivity (Wildman–Crippen MR) is 442 cm³/mol. The van der Waals surface area contributed by atoms with Crippen LogP contribution in [-0.4, -0.2) is 251 Å². The van der Waals surface area contributed by atoms with Crippen molar-refractivity contribution in [3.63, 3.8) is 0 Å². The molecule has 18 atom stereocenters. The third-order valence-electron chi connectivity index (χ3n) is 20.0. The monoisotopic (exact) mass is 2080 g/mol. The molecule has 16 N–H and O–H groups in total. The average Bonchev–Trinajstić information content (AvgIpc) is 1.56. The summed E-state index contributed by atoms with van der Waals surface area (Å²) >= 11 is 8.24. The smallest absolute Gasteiger partial charge is 0.463 e. The summed E-state index contributed by atoms with van der Waals surface area (Å²) in [6.45, 7) is 16.4. The van der Waals surface area contributed by atoms with Crippen molar-refractivity contribution in [2.75, 3.05) is 82.2 Å². The van der Waals surface area contributed by atoms with E-state index in [9.17, 15) is 83.2 Å². The molecule has 12 heterocycles. The Morgan fingerprint density at radius 2 is 0.845 bits per heavy atom. The number of anilines is 4. The number of H-pyrrole nitrogens is 2. The Hall–Kier alpha value is -8.87. The zero-order valence-corrected chi connectivity index (χ0v) is 77.9. The van der Waals surface area contributed by atoms with E-state index in [-0.39, 0.29) is 129 Å². The fraction of sp³-hybridized carbons (Fsp3) is 0.643. The molecule has 0 aliphatic carbocycles. The Morgan fingerprint density at radius 1 is 0.527 bits per heavy atom. The fourth-order valence-corrected chi connectivity index (χ4v) is 20.5. The summed E-state index contributed by atoms with van der Waals surface area (Å²) in [5.41, 5.74) is 8.99. The largest absolute Gasteiger partial charge is 0.475 e. The summed E-state index contributed by atoms with van der Waals surface area (Å²) in [5, 5.41) is 82.0. The topological polar surface area (TPSA) is 721 Å². The van der Waals surface area contributed by atoms with Crippen molar-refractivity contribution in [2.24, 2.45) is 16.2 Å². The van der Waals surface area contributed by atoms with Crippen LogP contribution in [0.3, 0.4) is 0 Å². The highest BCUT2D eigenvalue weighted by Gasteiger charge is 2.73. The number of esters is 3. The third-order valence-corrected chi connectivity index (χ3v) is 27.2. The van der Waals surface area contributed by atoms with Gasteiger partial charge in [-0.25, -0.2) is 50.4 Å². The minimum absolute atomic E-state index is 0.0582. The van der Waals surface area contributed by atoms with Gasteiger partial charge >= 0.3 is 41.4 Å². The third kappa shape index (κ3) is 21.0. The maximum absolute atomic E-state index is 16.1. The number of nitriles is 3. The lowest BCUT2D eigenvalue weighted by Crippen LogP contribution is -2.50. The van der Waals surface area contributed by atoms with E-state index in [0.717, 1.165) is 25.9 Å². The number of rotatable bonds is 27. The summed E-state index contributed by atoms with van der Waals surface area (Å²) in [4.78, 5) is 115. The molecule has 129 heavy (non-hydrogen) atoms. The van der Waals surface area contributed by atoms with E-state index in [0.29, 0.717) is 0 Å². The number of hydrogen-bond donors (Lipinski definition) is 12. The number of phosphoric ester groups is 3. The van der Waals surface area contributed by atoms with Crippen molar-refractivity contribution < 1.29 is 140 Å². The number of ether oxygens (including phenoxy) is 6. The van der Waals surface area contributed by atoms with Crippen LogP contribution in [0, 0.1) is 50.2 Å². The molecule has 0 saturated carbocycles. The van der Waals surface area contributed by atoms with Gasteiger partial charge in [0, 0.05) is 35.9 Å². The van der Waals surface area contributed by atoms with Gasteiger partial charge in [-0.3, -0.25) is 89.0 Å². The lowest BCUT2D eigenvalue weighted by atomic mass is 9.87. The average molecular weight is 2080 g/mol. The molecule has 0 aromatic carbocycles. The Morgan fingerprint density at radius 3 is 1.19 bits per heavy atom. The van der Waals surface area contributed by atoms with Gasteiger partial charge in [0.25, 0.3) is 11.1 Å². The zero-order chi connectivity index (χ0) is 95.9. The van der Waals surface area contributed by atoms with Crippen LogP contribution in [0.15, 0.2) is 34.1 Å². The first-order chi connectivity index (χ1) is 59.9. The minimum atomic E-state index is -4.51. The molecule has 6 fully saturated rings. The number of aliphatic hydroxyl groups excluding tert-OH is 3. The van der Waals surface area contributed by atoms with E-state index in [2.05, 4.69) is 104 Å². The Kier molecular flexibility index (Phi) is 30.7. The molecule has 3 amide bonds. The van der Waals surface area contributed by atoms with E-state index in [1.165, 1.54) is 12.1 Å². The quantitative estimate of drug-likeness (QED) is 0.0153. The SMILES string of the molecule is CC(C)OC(=O)CCNC(=O)[C@@H]1OP(=O)(OC[C@H]2O[C@@](C#N)(c3ccc4c(=O)[nH]c(N)nn34)C(F)(Br)[C@H]2O)OCC1(C)C.CC(C)OC(=O)CCNC(=O)[C@@H]1OP(=O)(OC[C@H]2O[C@@](C#N)(c3cnc4c(=O)[nH]c(N)nn34)C(F)(Br)[C@H]2O)OCC1(C)C.CC(C)OC(=O)CCNC(=O)[C@@H]1OP(=O)(OC[C@H]2O[C@@](C#N)(c3cnc4c(N)nc(N)nn34)C(F)(Br)[C@H]2O)OCC1(C)C. The molecule has 6 aliphatic heterocycles. The van der Waals surface area contributed by atoms with Crippen LogP contribution in [0.4, 0.5) is 36.8 Å². The van der Waals surface area contributed by atoms with E-state index in [1.54, 1.807) is 101 Å². The van der Waals surface area contributed by atoms with Gasteiger partial charge in [0.1, 0.15) is 71.7 Å². The number of hydrogen-bond acceptors (Lipinski definition) is 42. The number of carbonyl (C=O) groups is 6. The van der Waals surface area contributed by atoms with Gasteiger partial charge < -0.3 is 82.6 Å². The van der Waals surface area contributed by atoms with Gasteiger partial charge in [0.2, 0.25) is 71.8 Å². The highest BCUT2D eigenvalue weighted by atomic mass is 79.9. The van der Waals surface area contributed by atoms with Crippen LogP contribution in [0.25, 0.3) is 16.8 Å². The van der Waals surface area contributed by atoms with E-state index in [4.69, 9.17) is 92.1 Å². The second-order valence-electron chi connectivity index (χ2n) is 32.6. The second-order valence-corrected chi connectivity index (χ2v) is 40.9. The molecular weight excluding hydrogens is 1990 g/mol. The van der Waals surface area contributed by atoms with Crippen molar-refractivity contribution in [3.8, 4) is 18.2 Å². The summed E-state index contributed by atoms with van der Waals surface area (Å²) in [6.07, 6.45) is -14.5. The Labute approximate surface area is 754 Å². The van der Waals surface area contributed by atoms with E-state index < -0.39 is 197 Å². The van der Waals surface area contributed by atoms with Crippen LogP contribution in [-0.2, 0) is 128 Å². The van der Waals surface area contributed by atoms with Crippen molar-refractivity contribution in [3.05, 3.63) is 62.3 Å². The molecule has 6 aliphatic rings. The van der Waals surface area contributed by atoms with Crippen molar-refractivity contribution in [1.82, 2.24) is 69.7 Å². The number of nitrogens with zero attached hydrogens (tertiary/aromatic N) is 12. The first-order valence-electron chi connectivity index (χ1n) is 38.9. The number of aromatic amines is 2. The standard InChI is InChI=1S/C24H31BrFN6O10P.C23H31BrFN8O9P.C23H30BrFN7O10P/c1-12(2)40-16(33)7-8-29-20(36)18-22(3,4)11-39-43(37,42-18)38-9-14-17(34)24(25,26)23(10-27,41-14)15-6-5-13-19(35)30-21(28)31-32(13)15;1-11(2)40-14(34)5-6-29-19(36)16-21(3,4)10-39-43(37,42-16)38-8-12-15(35)23(24,25)22(9-26,41-12)13-7-30-18-17(27)31-20(28)32-33(13)18;1-11(2)40-14(33)5-6-28-18(35)16-21(3,4)10-39-43(37,42-16)38-8-12-15(34)23(24,25)22(9-26,41-12)13-7-29-17-19(36)30-20(27)31-32(13)17/h5-6,12,14,17-18,34H,7-9,11H2,1-4H3,(H,29,36)(H3,28,30,31,35);7,11-12,15-16,35H,5-6,8,10H2,1-4H3,(H,29,36)(H4,27,28,31,32);7,11-12,15-16,34H,5-6,8,10H2,1-4H3,(H,28,35)(H3,27,30,31,36)/t14-,17+,18+,23+,24?,43?;2*12-,15+,16+,22+,23?,43?/m111/s1. The number of carbonyl (C=O) groups excluding carboxylic acids is 6. The van der Waals surface area contributed by atoms with Crippen LogP contribution >= 0.6 is 71.3 Å². The van der Waals surface area contributed by atoms with Gasteiger partial charge in [-0.1, -0.05) is 41.5 Å².